The third kappa shape index (κ3) is 4.38. The van der Waals surface area contributed by atoms with Crippen molar-refractivity contribution in [3.05, 3.63) is 23.8 Å². The van der Waals surface area contributed by atoms with Gasteiger partial charge in [0.25, 0.3) is 0 Å². The lowest BCUT2D eigenvalue weighted by Crippen LogP contribution is -2.31. The minimum absolute atomic E-state index is 0.117. The van der Waals surface area contributed by atoms with Gasteiger partial charge in [0.05, 0.1) is 11.0 Å². The topological polar surface area (TPSA) is 91.3 Å². The monoisotopic (exact) mass is 338 g/mol. The Hall–Kier alpha value is -2.28. The summed E-state index contributed by atoms with van der Waals surface area (Å²) in [4.78, 5) is 23.8. The standard InChI is InChI=1S/C17H22O7/c1-4-17(2,3)16(20)22-9-12(18)8-21-15(19)11-5-6-13-14(7-11)24-10-23-13/h5-7,12,18H,4,8-10H2,1-3H3. The maximum absolute atomic E-state index is 12.0. The molecule has 1 aromatic carbocycles. The van der Waals surface area contributed by atoms with Crippen LogP contribution < -0.4 is 9.47 Å². The number of esters is 2. The molecule has 1 heterocycles. The molecular formula is C17H22O7. The Kier molecular flexibility index (Phi) is 5.66. The number of rotatable bonds is 7. The van der Waals surface area contributed by atoms with Crippen LogP contribution in [0.5, 0.6) is 11.5 Å². The minimum Gasteiger partial charge on any atom is -0.462 e. The highest BCUT2D eigenvalue weighted by molar-refractivity contribution is 5.90. The van der Waals surface area contributed by atoms with Gasteiger partial charge in [-0.2, -0.15) is 0 Å². The van der Waals surface area contributed by atoms with Gasteiger partial charge in [0.15, 0.2) is 11.5 Å². The first kappa shape index (κ1) is 18.1. The van der Waals surface area contributed by atoms with Crippen LogP contribution in [-0.2, 0) is 14.3 Å². The van der Waals surface area contributed by atoms with Gasteiger partial charge in [0, 0.05) is 0 Å². The average Bonchev–Trinajstić information content (AvgIpc) is 3.04. The molecule has 24 heavy (non-hydrogen) atoms. The molecule has 7 heteroatoms. The third-order valence-corrected chi connectivity index (χ3v) is 3.86. The van der Waals surface area contributed by atoms with Gasteiger partial charge in [0.2, 0.25) is 6.79 Å². The van der Waals surface area contributed by atoms with Crippen LogP contribution in [0.15, 0.2) is 18.2 Å². The fourth-order valence-electron chi connectivity index (χ4n) is 1.84. The van der Waals surface area contributed by atoms with E-state index in [0.29, 0.717) is 17.9 Å². The number of hydrogen-bond acceptors (Lipinski definition) is 7. The summed E-state index contributed by atoms with van der Waals surface area (Å²) >= 11 is 0. The van der Waals surface area contributed by atoms with Gasteiger partial charge in [-0.25, -0.2) is 4.79 Å². The summed E-state index contributed by atoms with van der Waals surface area (Å²) in [6.45, 7) is 5.03. The second-order valence-electron chi connectivity index (χ2n) is 6.16. The largest absolute Gasteiger partial charge is 0.462 e. The Balaban J connectivity index is 1.78. The van der Waals surface area contributed by atoms with Crippen molar-refractivity contribution in [1.82, 2.24) is 0 Å². The molecule has 2 rings (SSSR count). The quantitative estimate of drug-likeness (QED) is 0.759. The van der Waals surface area contributed by atoms with Gasteiger partial charge in [-0.3, -0.25) is 4.79 Å². The molecule has 1 N–H and O–H groups in total. The van der Waals surface area contributed by atoms with Crippen LogP contribution in [0.2, 0.25) is 0 Å². The molecule has 1 atom stereocenters. The van der Waals surface area contributed by atoms with Gasteiger partial charge in [-0.1, -0.05) is 6.92 Å². The van der Waals surface area contributed by atoms with Crippen molar-refractivity contribution < 1.29 is 33.6 Å². The number of hydrogen-bond donors (Lipinski definition) is 1. The van der Waals surface area contributed by atoms with Crippen LogP contribution in [0, 0.1) is 5.41 Å². The fraction of sp³-hybridized carbons (Fsp3) is 0.529. The molecule has 0 saturated carbocycles. The van der Waals surface area contributed by atoms with E-state index >= 15 is 0 Å². The minimum atomic E-state index is -1.08. The highest BCUT2D eigenvalue weighted by Crippen LogP contribution is 2.32. The molecule has 0 aromatic heterocycles. The highest BCUT2D eigenvalue weighted by Gasteiger charge is 2.27. The Labute approximate surface area is 140 Å². The van der Waals surface area contributed by atoms with Gasteiger partial charge in [0.1, 0.15) is 19.3 Å². The number of ether oxygens (including phenoxy) is 4. The van der Waals surface area contributed by atoms with Crippen molar-refractivity contribution in [3.63, 3.8) is 0 Å². The molecule has 1 unspecified atom stereocenters. The molecule has 0 amide bonds. The lowest BCUT2D eigenvalue weighted by atomic mass is 9.91. The fourth-order valence-corrected chi connectivity index (χ4v) is 1.84. The average molecular weight is 338 g/mol. The van der Waals surface area contributed by atoms with E-state index in [2.05, 4.69) is 0 Å². The van der Waals surface area contributed by atoms with Crippen LogP contribution in [0.25, 0.3) is 0 Å². The van der Waals surface area contributed by atoms with E-state index in [0.717, 1.165) is 0 Å². The highest BCUT2D eigenvalue weighted by atomic mass is 16.7. The smallest absolute Gasteiger partial charge is 0.338 e. The predicted octanol–water partition coefficient (Wildman–Crippen LogP) is 1.91. The zero-order valence-electron chi connectivity index (χ0n) is 14.0. The molecule has 7 nitrogen and oxygen atoms in total. The Morgan fingerprint density at radius 2 is 1.88 bits per heavy atom. The summed E-state index contributed by atoms with van der Waals surface area (Å²) in [6.07, 6.45) is -0.458. The van der Waals surface area contributed by atoms with Gasteiger partial charge in [-0.15, -0.1) is 0 Å². The van der Waals surface area contributed by atoms with E-state index in [1.807, 2.05) is 6.92 Å². The van der Waals surface area contributed by atoms with Crippen LogP contribution in [0.3, 0.4) is 0 Å². The molecule has 0 bridgehead atoms. The predicted molar refractivity (Wildman–Crippen MR) is 83.9 cm³/mol. The summed E-state index contributed by atoms with van der Waals surface area (Å²) in [7, 11) is 0. The van der Waals surface area contributed by atoms with Crippen molar-refractivity contribution in [2.75, 3.05) is 20.0 Å². The van der Waals surface area contributed by atoms with Crippen molar-refractivity contribution in [2.45, 2.75) is 33.3 Å². The van der Waals surface area contributed by atoms with Crippen LogP contribution in [-0.4, -0.2) is 43.2 Å². The Bertz CT molecular complexity index is 609. The third-order valence-electron chi connectivity index (χ3n) is 3.86. The maximum atomic E-state index is 12.0. The molecule has 0 spiro atoms. The van der Waals surface area contributed by atoms with E-state index in [9.17, 15) is 14.7 Å². The van der Waals surface area contributed by atoms with Crippen LogP contribution in [0.1, 0.15) is 37.6 Å². The van der Waals surface area contributed by atoms with Crippen molar-refractivity contribution in [2.24, 2.45) is 5.41 Å². The first-order chi connectivity index (χ1) is 11.3. The normalized spacial score (nSPS) is 14.2. The zero-order valence-corrected chi connectivity index (χ0v) is 14.0. The number of carbonyl (C=O) groups is 2. The van der Waals surface area contributed by atoms with Crippen molar-refractivity contribution in [1.29, 1.82) is 0 Å². The number of aliphatic hydroxyl groups is 1. The van der Waals surface area contributed by atoms with Gasteiger partial charge < -0.3 is 24.1 Å². The maximum Gasteiger partial charge on any atom is 0.338 e. The molecular weight excluding hydrogens is 316 g/mol. The molecule has 0 saturated heterocycles. The summed E-state index contributed by atoms with van der Waals surface area (Å²) in [5, 5.41) is 9.79. The Morgan fingerprint density at radius 3 is 2.58 bits per heavy atom. The SMILES string of the molecule is CCC(C)(C)C(=O)OCC(O)COC(=O)c1ccc2c(c1)OCO2. The zero-order chi connectivity index (χ0) is 17.7. The lowest BCUT2D eigenvalue weighted by molar-refractivity contribution is -0.157. The van der Waals surface area contributed by atoms with E-state index in [-0.39, 0.29) is 25.6 Å². The number of carbonyl (C=O) groups excluding carboxylic acids is 2. The van der Waals surface area contributed by atoms with E-state index < -0.39 is 23.5 Å². The van der Waals surface area contributed by atoms with Crippen LogP contribution >= 0.6 is 0 Å². The first-order valence-corrected chi connectivity index (χ1v) is 7.75. The summed E-state index contributed by atoms with van der Waals surface area (Å²) in [5.41, 5.74) is -0.321. The van der Waals surface area contributed by atoms with Gasteiger partial charge >= 0.3 is 11.9 Å². The first-order valence-electron chi connectivity index (χ1n) is 7.75. The molecule has 0 fully saturated rings. The molecule has 0 aliphatic carbocycles. The molecule has 1 aromatic rings. The Morgan fingerprint density at radius 1 is 1.21 bits per heavy atom. The van der Waals surface area contributed by atoms with Gasteiger partial charge in [-0.05, 0) is 38.5 Å². The molecule has 1 aliphatic heterocycles. The van der Waals surface area contributed by atoms with E-state index in [4.69, 9.17) is 18.9 Å². The summed E-state index contributed by atoms with van der Waals surface area (Å²) in [5.74, 6) is 0.0384. The van der Waals surface area contributed by atoms with E-state index in [1.165, 1.54) is 6.07 Å². The van der Waals surface area contributed by atoms with Crippen LogP contribution in [0.4, 0.5) is 0 Å². The number of benzene rings is 1. The molecule has 1 aliphatic rings. The molecule has 132 valence electrons. The number of fused-ring (bicyclic) bond motifs is 1. The second-order valence-corrected chi connectivity index (χ2v) is 6.16. The van der Waals surface area contributed by atoms with E-state index in [1.54, 1.807) is 26.0 Å². The summed E-state index contributed by atoms with van der Waals surface area (Å²) < 4.78 is 20.4. The van der Waals surface area contributed by atoms with Crippen molar-refractivity contribution >= 4 is 11.9 Å². The summed E-state index contributed by atoms with van der Waals surface area (Å²) in [6, 6.07) is 4.68. The second kappa shape index (κ2) is 7.53. The number of aliphatic hydroxyl groups excluding tert-OH is 1. The van der Waals surface area contributed by atoms with Crippen molar-refractivity contribution in [3.8, 4) is 11.5 Å². The lowest BCUT2D eigenvalue weighted by Gasteiger charge is -2.21. The molecule has 0 radical (unpaired) electrons.